The summed E-state index contributed by atoms with van der Waals surface area (Å²) in [6.07, 6.45) is 2.38. The Bertz CT molecular complexity index is 767. The number of anilines is 1. The van der Waals surface area contributed by atoms with Crippen LogP contribution in [-0.4, -0.2) is 85.2 Å². The lowest BCUT2D eigenvalue weighted by atomic mass is 10.2. The van der Waals surface area contributed by atoms with Crippen molar-refractivity contribution in [3.05, 3.63) is 42.0 Å². The third-order valence-electron chi connectivity index (χ3n) is 4.57. The number of hydrogen-bond acceptors (Lipinski definition) is 7. The zero-order chi connectivity index (χ0) is 19.9. The molecular formula is C19H26N6O3. The molecule has 9 nitrogen and oxygen atoms in total. The smallest absolute Gasteiger partial charge is 0.289 e. The van der Waals surface area contributed by atoms with Crippen molar-refractivity contribution >= 4 is 17.6 Å². The molecule has 0 bridgehead atoms. The second kappa shape index (κ2) is 9.32. The van der Waals surface area contributed by atoms with E-state index in [1.165, 1.54) is 6.26 Å². The van der Waals surface area contributed by atoms with E-state index in [0.717, 1.165) is 13.0 Å². The predicted molar refractivity (Wildman–Crippen MR) is 104 cm³/mol. The number of rotatable bonds is 7. The number of nitrogens with one attached hydrogen (secondary N) is 1. The Hall–Kier alpha value is -2.94. The number of nitrogens with zero attached hydrogens (tertiary/aromatic N) is 5. The van der Waals surface area contributed by atoms with Crippen LogP contribution in [0, 0.1) is 0 Å². The number of piperazine rings is 1. The van der Waals surface area contributed by atoms with Crippen molar-refractivity contribution in [2.75, 3.05) is 58.3 Å². The van der Waals surface area contributed by atoms with E-state index in [1.54, 1.807) is 29.2 Å². The number of amides is 2. The van der Waals surface area contributed by atoms with Crippen molar-refractivity contribution in [3.8, 4) is 0 Å². The molecule has 3 heterocycles. The summed E-state index contributed by atoms with van der Waals surface area (Å²) in [6.45, 7) is 3.98. The topological polar surface area (TPSA) is 94.8 Å². The van der Waals surface area contributed by atoms with Crippen LogP contribution < -0.4 is 10.2 Å². The molecule has 0 aromatic carbocycles. The maximum Gasteiger partial charge on any atom is 0.289 e. The highest BCUT2D eigenvalue weighted by atomic mass is 16.3. The number of furan rings is 1. The lowest BCUT2D eigenvalue weighted by molar-refractivity contribution is 0.0714. The van der Waals surface area contributed by atoms with Crippen LogP contribution in [0.3, 0.4) is 0 Å². The summed E-state index contributed by atoms with van der Waals surface area (Å²) < 4.78 is 5.17. The van der Waals surface area contributed by atoms with Gasteiger partial charge in [0.05, 0.1) is 6.26 Å². The molecule has 0 radical (unpaired) electrons. The van der Waals surface area contributed by atoms with Gasteiger partial charge in [-0.25, -0.2) is 0 Å². The standard InChI is InChI=1S/C19H26N6O3/c1-23(2)9-4-8-20-18(26)15-6-7-17(22-21-15)24-10-12-25(13-11-24)19(27)16-5-3-14-28-16/h3,5-7,14H,4,8-13H2,1-2H3,(H,20,26). The van der Waals surface area contributed by atoms with Crippen LogP contribution >= 0.6 is 0 Å². The summed E-state index contributed by atoms with van der Waals surface area (Å²) in [4.78, 5) is 30.3. The molecule has 2 aromatic rings. The van der Waals surface area contributed by atoms with Gasteiger partial charge < -0.3 is 24.4 Å². The van der Waals surface area contributed by atoms with Gasteiger partial charge >= 0.3 is 0 Å². The summed E-state index contributed by atoms with van der Waals surface area (Å²) in [7, 11) is 4.00. The van der Waals surface area contributed by atoms with Crippen LogP contribution in [0.25, 0.3) is 0 Å². The molecule has 0 atom stereocenters. The highest BCUT2D eigenvalue weighted by molar-refractivity contribution is 5.92. The summed E-state index contributed by atoms with van der Waals surface area (Å²) in [5.41, 5.74) is 0.306. The molecule has 0 spiro atoms. The fourth-order valence-electron chi connectivity index (χ4n) is 3.00. The van der Waals surface area contributed by atoms with Gasteiger partial charge in [0.2, 0.25) is 0 Å². The van der Waals surface area contributed by atoms with E-state index in [4.69, 9.17) is 4.42 Å². The average molecular weight is 386 g/mol. The minimum absolute atomic E-state index is 0.1000. The van der Waals surface area contributed by atoms with E-state index >= 15 is 0 Å². The van der Waals surface area contributed by atoms with E-state index < -0.39 is 0 Å². The van der Waals surface area contributed by atoms with E-state index in [1.807, 2.05) is 14.1 Å². The van der Waals surface area contributed by atoms with Gasteiger partial charge in [-0.1, -0.05) is 0 Å². The number of aromatic nitrogens is 2. The highest BCUT2D eigenvalue weighted by Crippen LogP contribution is 2.15. The Morgan fingerprint density at radius 2 is 1.93 bits per heavy atom. The van der Waals surface area contributed by atoms with Crippen molar-refractivity contribution in [1.29, 1.82) is 0 Å². The first-order chi connectivity index (χ1) is 13.5. The minimum Gasteiger partial charge on any atom is -0.459 e. The molecule has 28 heavy (non-hydrogen) atoms. The lowest BCUT2D eigenvalue weighted by Crippen LogP contribution is -2.49. The minimum atomic E-state index is -0.216. The SMILES string of the molecule is CN(C)CCCNC(=O)c1ccc(N2CCN(C(=O)c3ccco3)CC2)nn1. The quantitative estimate of drug-likeness (QED) is 0.701. The van der Waals surface area contributed by atoms with Gasteiger partial charge in [-0.2, -0.15) is 0 Å². The van der Waals surface area contributed by atoms with E-state index in [2.05, 4.69) is 25.3 Å². The van der Waals surface area contributed by atoms with E-state index in [0.29, 0.717) is 50.0 Å². The zero-order valence-corrected chi connectivity index (χ0v) is 16.3. The normalized spacial score (nSPS) is 14.4. The molecule has 2 aromatic heterocycles. The summed E-state index contributed by atoms with van der Waals surface area (Å²) >= 11 is 0. The lowest BCUT2D eigenvalue weighted by Gasteiger charge is -2.34. The Morgan fingerprint density at radius 1 is 1.14 bits per heavy atom. The van der Waals surface area contributed by atoms with Crippen LogP contribution in [0.1, 0.15) is 27.5 Å². The zero-order valence-electron chi connectivity index (χ0n) is 16.3. The Morgan fingerprint density at radius 3 is 2.54 bits per heavy atom. The fourth-order valence-corrected chi connectivity index (χ4v) is 3.00. The van der Waals surface area contributed by atoms with Crippen molar-refractivity contribution in [2.45, 2.75) is 6.42 Å². The van der Waals surface area contributed by atoms with E-state index in [9.17, 15) is 9.59 Å². The highest BCUT2D eigenvalue weighted by Gasteiger charge is 2.24. The molecule has 0 unspecified atom stereocenters. The van der Waals surface area contributed by atoms with Crippen LogP contribution in [0.5, 0.6) is 0 Å². The van der Waals surface area contributed by atoms with Gasteiger partial charge in [0.1, 0.15) is 0 Å². The van der Waals surface area contributed by atoms with Crippen molar-refractivity contribution in [2.24, 2.45) is 0 Å². The predicted octanol–water partition coefficient (Wildman–Crippen LogP) is 0.713. The second-order valence-corrected chi connectivity index (χ2v) is 6.95. The largest absolute Gasteiger partial charge is 0.459 e. The third-order valence-corrected chi connectivity index (χ3v) is 4.57. The molecule has 150 valence electrons. The summed E-state index contributed by atoms with van der Waals surface area (Å²) in [5, 5.41) is 11.1. The van der Waals surface area contributed by atoms with Crippen LogP contribution in [0.15, 0.2) is 34.9 Å². The number of hydrogen-bond donors (Lipinski definition) is 1. The number of carbonyl (C=O) groups is 2. The monoisotopic (exact) mass is 386 g/mol. The second-order valence-electron chi connectivity index (χ2n) is 6.95. The Balaban J connectivity index is 1.48. The van der Waals surface area contributed by atoms with Gasteiger partial charge in [0, 0.05) is 32.7 Å². The first kappa shape index (κ1) is 19.8. The van der Waals surface area contributed by atoms with Crippen LogP contribution in [0.4, 0.5) is 5.82 Å². The van der Waals surface area contributed by atoms with Gasteiger partial charge in [-0.05, 0) is 51.3 Å². The van der Waals surface area contributed by atoms with Gasteiger partial charge in [-0.3, -0.25) is 9.59 Å². The summed E-state index contributed by atoms with van der Waals surface area (Å²) in [6, 6.07) is 6.86. The first-order valence-corrected chi connectivity index (χ1v) is 9.39. The average Bonchev–Trinajstić information content (AvgIpc) is 3.25. The molecule has 2 amide bonds. The Kier molecular flexibility index (Phi) is 6.59. The Labute approximate surface area is 164 Å². The van der Waals surface area contributed by atoms with Crippen molar-refractivity contribution in [3.63, 3.8) is 0 Å². The summed E-state index contributed by atoms with van der Waals surface area (Å²) in [5.74, 6) is 0.743. The van der Waals surface area contributed by atoms with Gasteiger partial charge in [0.15, 0.2) is 17.3 Å². The molecule has 1 saturated heterocycles. The molecule has 1 N–H and O–H groups in total. The molecule has 1 aliphatic heterocycles. The van der Waals surface area contributed by atoms with E-state index in [-0.39, 0.29) is 11.8 Å². The van der Waals surface area contributed by atoms with Gasteiger partial charge in [0.25, 0.3) is 11.8 Å². The first-order valence-electron chi connectivity index (χ1n) is 9.39. The van der Waals surface area contributed by atoms with Crippen LogP contribution in [0.2, 0.25) is 0 Å². The molecule has 9 heteroatoms. The molecule has 0 aliphatic carbocycles. The van der Waals surface area contributed by atoms with Crippen LogP contribution in [-0.2, 0) is 0 Å². The maximum atomic E-state index is 12.3. The van der Waals surface area contributed by atoms with Crippen molar-refractivity contribution < 1.29 is 14.0 Å². The van der Waals surface area contributed by atoms with Gasteiger partial charge in [-0.15, -0.1) is 10.2 Å². The molecule has 0 saturated carbocycles. The number of carbonyl (C=O) groups excluding carboxylic acids is 2. The molecular weight excluding hydrogens is 360 g/mol. The molecule has 1 fully saturated rings. The molecule has 3 rings (SSSR count). The third kappa shape index (κ3) is 5.07. The van der Waals surface area contributed by atoms with Crippen molar-refractivity contribution in [1.82, 2.24) is 25.3 Å². The fraction of sp³-hybridized carbons (Fsp3) is 0.474. The molecule has 1 aliphatic rings. The maximum absolute atomic E-state index is 12.3.